The van der Waals surface area contributed by atoms with Crippen molar-refractivity contribution in [2.75, 3.05) is 33.2 Å². The first-order valence-corrected chi connectivity index (χ1v) is 6.47. The van der Waals surface area contributed by atoms with E-state index < -0.39 is 23.8 Å². The Kier molecular flexibility index (Phi) is 5.62. The van der Waals surface area contributed by atoms with Crippen molar-refractivity contribution in [1.82, 2.24) is 10.2 Å². The van der Waals surface area contributed by atoms with Crippen LogP contribution in [0.15, 0.2) is 4.99 Å². The van der Waals surface area contributed by atoms with Crippen molar-refractivity contribution in [3.8, 4) is 0 Å². The Bertz CT molecular complexity index is 390. The summed E-state index contributed by atoms with van der Waals surface area (Å²) in [5, 5.41) is 2.11. The van der Waals surface area contributed by atoms with Gasteiger partial charge in [0.15, 0.2) is 5.92 Å². The number of aliphatic imine (C=N–C) groups is 1. The fraction of sp³-hybridized carbons (Fsp3) is 0.667. The lowest BCUT2D eigenvalue weighted by molar-refractivity contribution is -0.894. The van der Waals surface area contributed by atoms with Gasteiger partial charge in [0.05, 0.1) is 26.2 Å². The maximum Gasteiger partial charge on any atom is 0.330 e. The monoisotopic (exact) mass is 269 g/mol. The van der Waals surface area contributed by atoms with Gasteiger partial charge in [-0.3, -0.25) is 24.8 Å². The van der Waals surface area contributed by atoms with Crippen LogP contribution in [-0.4, -0.2) is 62.2 Å². The molecule has 2 N–H and O–H groups in total. The zero-order valence-electron chi connectivity index (χ0n) is 11.6. The molecule has 0 aromatic carbocycles. The number of nitrogens with one attached hydrogen (secondary N) is 2. The molecule has 7 nitrogen and oxygen atoms in total. The van der Waals surface area contributed by atoms with E-state index in [0.29, 0.717) is 6.54 Å². The molecule has 1 aliphatic heterocycles. The number of barbiturate groups is 1. The number of quaternary nitrogens is 1. The van der Waals surface area contributed by atoms with Gasteiger partial charge in [-0.15, -0.1) is 0 Å². The van der Waals surface area contributed by atoms with Crippen LogP contribution in [0.25, 0.3) is 0 Å². The summed E-state index contributed by atoms with van der Waals surface area (Å²) in [6.45, 7) is 7.66. The predicted molar refractivity (Wildman–Crippen MR) is 70.1 cm³/mol. The topological polar surface area (TPSA) is 83.3 Å². The summed E-state index contributed by atoms with van der Waals surface area (Å²) >= 11 is 0. The first-order chi connectivity index (χ1) is 9.01. The van der Waals surface area contributed by atoms with Crippen molar-refractivity contribution in [1.29, 1.82) is 0 Å². The lowest BCUT2D eigenvalue weighted by atomic mass is 10.1. The van der Waals surface area contributed by atoms with Gasteiger partial charge in [0.2, 0.25) is 11.8 Å². The van der Waals surface area contributed by atoms with E-state index >= 15 is 0 Å². The van der Waals surface area contributed by atoms with Gasteiger partial charge in [0.1, 0.15) is 0 Å². The Labute approximate surface area is 112 Å². The molecule has 1 aliphatic rings. The highest BCUT2D eigenvalue weighted by molar-refractivity contribution is 6.23. The normalized spacial score (nSPS) is 20.5. The van der Waals surface area contributed by atoms with Crippen molar-refractivity contribution in [3.05, 3.63) is 0 Å². The van der Waals surface area contributed by atoms with Crippen LogP contribution in [0.5, 0.6) is 0 Å². The third-order valence-electron chi connectivity index (χ3n) is 3.26. The molecular formula is C12H21N4O3+. The first-order valence-electron chi connectivity index (χ1n) is 6.47. The van der Waals surface area contributed by atoms with Gasteiger partial charge in [0.25, 0.3) is 0 Å². The lowest BCUT2D eigenvalue weighted by Gasteiger charge is -2.24. The Morgan fingerprint density at radius 1 is 1.32 bits per heavy atom. The highest BCUT2D eigenvalue weighted by Gasteiger charge is 2.37. The lowest BCUT2D eigenvalue weighted by Crippen LogP contribution is -3.11. The van der Waals surface area contributed by atoms with Crippen LogP contribution in [0, 0.1) is 5.92 Å². The molecule has 1 unspecified atom stereocenters. The van der Waals surface area contributed by atoms with Crippen LogP contribution < -0.4 is 10.2 Å². The number of amides is 4. The molecule has 0 aromatic heterocycles. The van der Waals surface area contributed by atoms with Crippen molar-refractivity contribution in [2.24, 2.45) is 10.9 Å². The average Bonchev–Trinajstić information content (AvgIpc) is 2.39. The van der Waals surface area contributed by atoms with Gasteiger partial charge in [-0.25, -0.2) is 4.79 Å². The van der Waals surface area contributed by atoms with Gasteiger partial charge >= 0.3 is 6.03 Å². The number of carbonyl (C=O) groups is 3. The summed E-state index contributed by atoms with van der Waals surface area (Å²) in [5.74, 6) is -2.13. The molecule has 4 amide bonds. The van der Waals surface area contributed by atoms with Crippen LogP contribution in [0.1, 0.15) is 13.8 Å². The predicted octanol–water partition coefficient (Wildman–Crippen LogP) is -1.69. The summed E-state index contributed by atoms with van der Waals surface area (Å²) in [4.78, 5) is 40.9. The van der Waals surface area contributed by atoms with Gasteiger partial charge in [-0.2, -0.15) is 0 Å². The van der Waals surface area contributed by atoms with E-state index in [1.54, 1.807) is 0 Å². The van der Waals surface area contributed by atoms with Gasteiger partial charge in [0, 0.05) is 13.3 Å². The van der Waals surface area contributed by atoms with Crippen molar-refractivity contribution in [2.45, 2.75) is 13.8 Å². The molecule has 1 heterocycles. The summed E-state index contributed by atoms with van der Waals surface area (Å²) in [6.07, 6.45) is 1.34. The minimum absolute atomic E-state index is 0.535. The molecule has 0 spiro atoms. The summed E-state index contributed by atoms with van der Waals surface area (Å²) in [5.41, 5.74) is 0. The Morgan fingerprint density at radius 2 is 1.95 bits per heavy atom. The highest BCUT2D eigenvalue weighted by atomic mass is 16.2. The molecule has 0 aromatic rings. The number of carbonyl (C=O) groups excluding carboxylic acids is 3. The van der Waals surface area contributed by atoms with E-state index in [9.17, 15) is 14.4 Å². The maximum absolute atomic E-state index is 11.7. The van der Waals surface area contributed by atoms with Crippen LogP contribution >= 0.6 is 0 Å². The number of imide groups is 2. The second-order valence-corrected chi connectivity index (χ2v) is 4.43. The summed E-state index contributed by atoms with van der Waals surface area (Å²) < 4.78 is 0. The first kappa shape index (κ1) is 15.3. The maximum atomic E-state index is 11.7. The SMILES string of the molecule is CC[NH+](CC)CCN=CC1C(=O)NC(=O)N(C)C1=O. The molecule has 1 rings (SSSR count). The number of hydrogen-bond acceptors (Lipinski definition) is 4. The van der Waals surface area contributed by atoms with E-state index in [1.165, 1.54) is 18.2 Å². The minimum atomic E-state index is -0.991. The highest BCUT2D eigenvalue weighted by Crippen LogP contribution is 2.06. The Balaban J connectivity index is 2.53. The van der Waals surface area contributed by atoms with Gasteiger partial charge < -0.3 is 4.90 Å². The zero-order chi connectivity index (χ0) is 14.4. The van der Waals surface area contributed by atoms with Crippen LogP contribution in [0.4, 0.5) is 4.79 Å². The largest absolute Gasteiger partial charge is 0.334 e. The molecule has 1 saturated heterocycles. The Morgan fingerprint density at radius 3 is 2.53 bits per heavy atom. The minimum Gasteiger partial charge on any atom is -0.334 e. The van der Waals surface area contributed by atoms with Crippen LogP contribution in [-0.2, 0) is 9.59 Å². The molecule has 0 saturated carbocycles. The summed E-state index contributed by atoms with van der Waals surface area (Å²) in [6, 6.07) is -0.688. The van der Waals surface area contributed by atoms with E-state index in [-0.39, 0.29) is 0 Å². The summed E-state index contributed by atoms with van der Waals surface area (Å²) in [7, 11) is 1.34. The third-order valence-corrected chi connectivity index (χ3v) is 3.26. The molecular weight excluding hydrogens is 248 g/mol. The number of rotatable bonds is 6. The van der Waals surface area contributed by atoms with E-state index in [0.717, 1.165) is 24.5 Å². The molecule has 106 valence electrons. The third kappa shape index (κ3) is 3.85. The number of nitrogens with zero attached hydrogens (tertiary/aromatic N) is 2. The second-order valence-electron chi connectivity index (χ2n) is 4.43. The zero-order valence-corrected chi connectivity index (χ0v) is 11.6. The molecule has 7 heteroatoms. The van der Waals surface area contributed by atoms with E-state index in [2.05, 4.69) is 24.2 Å². The molecule has 1 fully saturated rings. The van der Waals surface area contributed by atoms with Crippen LogP contribution in [0.3, 0.4) is 0 Å². The molecule has 1 atom stereocenters. The molecule has 0 radical (unpaired) electrons. The molecule has 0 bridgehead atoms. The fourth-order valence-electron chi connectivity index (χ4n) is 1.83. The van der Waals surface area contributed by atoms with Crippen LogP contribution in [0.2, 0.25) is 0 Å². The second kappa shape index (κ2) is 6.98. The van der Waals surface area contributed by atoms with Crippen molar-refractivity contribution >= 4 is 24.1 Å². The smallest absolute Gasteiger partial charge is 0.330 e. The number of hydrogen-bond donors (Lipinski definition) is 2. The average molecular weight is 269 g/mol. The molecule has 0 aliphatic carbocycles. The quantitative estimate of drug-likeness (QED) is 0.446. The molecule has 19 heavy (non-hydrogen) atoms. The van der Waals surface area contributed by atoms with Gasteiger partial charge in [-0.1, -0.05) is 0 Å². The Hall–Kier alpha value is -1.76. The standard InChI is InChI=1S/C12H20N4O3/c1-4-16(5-2)7-6-13-8-9-10(17)14-12(19)15(3)11(9)18/h8-9H,4-7H2,1-3H3,(H,14,17,19)/p+1. The van der Waals surface area contributed by atoms with Gasteiger partial charge in [-0.05, 0) is 13.8 Å². The number of likely N-dealkylation sites (N-methyl/N-ethyl adjacent to an activating group) is 1. The number of urea groups is 1. The van der Waals surface area contributed by atoms with Crippen molar-refractivity contribution < 1.29 is 19.3 Å². The van der Waals surface area contributed by atoms with E-state index in [1.807, 2.05) is 0 Å². The fourth-order valence-corrected chi connectivity index (χ4v) is 1.83. The van der Waals surface area contributed by atoms with Crippen molar-refractivity contribution in [3.63, 3.8) is 0 Å². The van der Waals surface area contributed by atoms with E-state index in [4.69, 9.17) is 0 Å².